The van der Waals surface area contributed by atoms with E-state index in [0.29, 0.717) is 18.3 Å². The molecule has 0 radical (unpaired) electrons. The maximum Gasteiger partial charge on any atom is 0.394 e. The molecule has 0 N–H and O–H groups in total. The summed E-state index contributed by atoms with van der Waals surface area (Å²) >= 11 is 0. The predicted molar refractivity (Wildman–Crippen MR) is 465 cm³/mol. The summed E-state index contributed by atoms with van der Waals surface area (Å²) in [5.74, 6) is -2.39. The maximum absolute atomic E-state index is 13.3. The maximum atomic E-state index is 13.3. The fourth-order valence-electron chi connectivity index (χ4n) is 12.7. The van der Waals surface area contributed by atoms with Crippen LogP contribution in [0.3, 0.4) is 0 Å². The van der Waals surface area contributed by atoms with Gasteiger partial charge in [-0.25, -0.2) is 17.6 Å². The van der Waals surface area contributed by atoms with Crippen LogP contribution in [0.4, 0.5) is 88.5 Å². The Bertz CT molecular complexity index is 4190. The zero-order valence-corrected chi connectivity index (χ0v) is 77.1. The molecule has 9 rings (SSSR count). The van der Waals surface area contributed by atoms with Gasteiger partial charge in [-0.2, -0.15) is 52.7 Å². The first-order chi connectivity index (χ1) is 55.0. The molecule has 0 bridgehead atoms. The molecule has 0 saturated heterocycles. The Balaban J connectivity index is 0. The van der Waals surface area contributed by atoms with Crippen LogP contribution >= 0.6 is 0 Å². The molecule has 0 heterocycles. The quantitative estimate of drug-likeness (QED) is 0.113. The molecule has 2 atom stereocenters. The van der Waals surface area contributed by atoms with E-state index in [9.17, 15) is 70.2 Å². The van der Waals surface area contributed by atoms with Gasteiger partial charge in [-0.05, 0) is 232 Å². The molecule has 1 aliphatic rings. The molecule has 0 nitrogen and oxygen atoms in total. The van der Waals surface area contributed by atoms with Crippen LogP contribution in [-0.4, -0.2) is 37.1 Å². The lowest BCUT2D eigenvalue weighted by Gasteiger charge is -2.42. The van der Waals surface area contributed by atoms with E-state index in [0.717, 1.165) is 68.1 Å². The van der Waals surface area contributed by atoms with E-state index in [2.05, 4.69) is 189 Å². The van der Waals surface area contributed by atoms with Crippen LogP contribution in [0.1, 0.15) is 270 Å². The Morgan fingerprint density at radius 2 is 0.612 bits per heavy atom. The summed E-state index contributed by atoms with van der Waals surface area (Å²) < 4.78 is 237. The van der Waals surface area contributed by atoms with Crippen LogP contribution in [0.5, 0.6) is 0 Å². The minimum absolute atomic E-state index is 0.0138. The van der Waals surface area contributed by atoms with Gasteiger partial charge in [0.05, 0.1) is 27.1 Å². The summed E-state index contributed by atoms with van der Waals surface area (Å²) in [5.41, 5.74) is 11.8. The largest absolute Gasteiger partial charge is 0.394 e. The second kappa shape index (κ2) is 49.7. The lowest BCUT2D eigenvalue weighted by atomic mass is 9.69. The van der Waals surface area contributed by atoms with Gasteiger partial charge >= 0.3 is 24.7 Å². The van der Waals surface area contributed by atoms with Gasteiger partial charge in [0.25, 0.3) is 5.92 Å². The van der Waals surface area contributed by atoms with Gasteiger partial charge in [-0.3, -0.25) is 0 Å². The molecule has 121 heavy (non-hydrogen) atoms. The molecule has 8 aromatic carbocycles. The van der Waals surface area contributed by atoms with Crippen LogP contribution in [0.2, 0.25) is 0 Å². The molecule has 682 valence electrons. The zero-order valence-electron chi connectivity index (χ0n) is 77.1. The van der Waals surface area contributed by atoms with Gasteiger partial charge in [0.2, 0.25) is 6.43 Å². The van der Waals surface area contributed by atoms with Gasteiger partial charge in [-0.15, -0.1) is 0 Å². The lowest BCUT2D eigenvalue weighted by Crippen LogP contribution is -2.48. The lowest BCUT2D eigenvalue weighted by molar-refractivity contribution is -0.211. The molecule has 1 unspecified atom stereocenters. The van der Waals surface area contributed by atoms with Gasteiger partial charge in [0.15, 0.2) is 0 Å². The molecule has 1 fully saturated rings. The van der Waals surface area contributed by atoms with Crippen molar-refractivity contribution in [2.24, 2.45) is 33.0 Å². The fraction of sp³-hybridized carbons (Fsp3) is 0.525. The van der Waals surface area contributed by atoms with E-state index in [1.165, 1.54) is 94.3 Å². The predicted octanol–water partition coefficient (Wildman–Crippen LogP) is 35.3. The normalized spacial score (nSPS) is 14.8. The molecule has 0 amide bonds. The monoisotopic (exact) mass is 1730 g/mol. The molecule has 1 saturated carbocycles. The Hall–Kier alpha value is -7.64. The highest BCUT2D eigenvalue weighted by atomic mass is 20.0. The minimum Gasteiger partial charge on any atom is -0.210 e. The van der Waals surface area contributed by atoms with Gasteiger partial charge in [-0.1, -0.05) is 325 Å². The molecule has 1 aliphatic carbocycles. The van der Waals surface area contributed by atoms with Crippen molar-refractivity contribution in [3.8, 4) is 0 Å². The average Bonchev–Trinajstić information content (AvgIpc) is 0.773. The Kier molecular flexibility index (Phi) is 47.4. The van der Waals surface area contributed by atoms with Crippen molar-refractivity contribution in [2.45, 2.75) is 312 Å². The second-order valence-electron chi connectivity index (χ2n) is 37.5. The molecular weight excluding hydrogens is 1590 g/mol. The van der Waals surface area contributed by atoms with Crippen molar-refractivity contribution in [3.05, 3.63) is 282 Å². The van der Waals surface area contributed by atoms with Crippen LogP contribution in [0.15, 0.2) is 182 Å². The van der Waals surface area contributed by atoms with Crippen molar-refractivity contribution < 1.29 is 88.5 Å². The Labute approximate surface area is 712 Å². The summed E-state index contributed by atoms with van der Waals surface area (Å²) in [6.07, 6.45) is -19.5. The molecule has 0 aliphatic heterocycles. The number of hydrogen-bond acceptors (Lipinski definition) is 0. The molecule has 8 aromatic rings. The Morgan fingerprint density at radius 3 is 0.917 bits per heavy atom. The average molecular weight is 1730 g/mol. The third-order valence-electron chi connectivity index (χ3n) is 21.6. The third-order valence-corrected chi connectivity index (χ3v) is 21.6. The summed E-state index contributed by atoms with van der Waals surface area (Å²) in [7, 11) is 0. The van der Waals surface area contributed by atoms with Gasteiger partial charge < -0.3 is 0 Å². The number of alkyl halides is 16. The SMILES string of the molecule is C[C@@H]1CCC(C)(C(F)F)C(F)(F)C1.Cc1ccc(CC(C)(C)C(F)(F)F)cc1.Cc1ccc(CC(C)(C)C(F)(F)F)cc1C.Cc1ccc(CC(C)(C)C(F)(F)F)cc1C(C)(C)C.Cc1ccc(CC(C)(C)C(F)(F)F)cc1C(C)C.Cc1ccccc1.Cc1ccccc1C.Cc1ccccc1C(C)(C)C.Cc1ccccc1C(C)C.FF.FF. The number of hydrogen-bond donors (Lipinski definition) is 0. The van der Waals surface area contributed by atoms with E-state index in [-0.39, 0.29) is 48.9 Å². The second-order valence-corrected chi connectivity index (χ2v) is 37.5. The minimum atomic E-state index is -4.18. The van der Waals surface area contributed by atoms with Crippen molar-refractivity contribution in [1.29, 1.82) is 0 Å². The highest BCUT2D eigenvalue weighted by molar-refractivity contribution is 5.38. The van der Waals surface area contributed by atoms with Gasteiger partial charge in [0, 0.05) is 24.7 Å². The highest BCUT2D eigenvalue weighted by Gasteiger charge is 2.58. The molecule has 0 spiro atoms. The first kappa shape index (κ1) is 115. The van der Waals surface area contributed by atoms with E-state index in [4.69, 9.17) is 18.3 Å². The van der Waals surface area contributed by atoms with Crippen LogP contribution in [-0.2, 0) is 36.5 Å². The van der Waals surface area contributed by atoms with Crippen molar-refractivity contribution in [3.63, 3.8) is 0 Å². The van der Waals surface area contributed by atoms with Crippen molar-refractivity contribution >= 4 is 0 Å². The summed E-state index contributed by atoms with van der Waals surface area (Å²) in [4.78, 5) is 0. The van der Waals surface area contributed by atoms with Crippen molar-refractivity contribution in [1.82, 2.24) is 0 Å². The summed E-state index contributed by atoms with van der Waals surface area (Å²) in [5, 5.41) is 0. The smallest absolute Gasteiger partial charge is 0.210 e. The fourth-order valence-corrected chi connectivity index (χ4v) is 12.7. The standard InChI is InChI=1S/C16H23F3.C15H21F3.C13H17F3.C12H15F3.C11H16.C10H14.C9H14F4.C8H10.C7H8.2F2/c1-11-7-8-12(9-13(11)14(2,3)4)10-15(5,6)16(17,18)19;1-10(2)13-8-12(7-6-11(13)3)9-14(4,5)15(16,17)18;1-9-5-6-11(7-10(9)2)8-12(3,4)13(14,15)16;1-9-4-6-10(7-5-9)8-11(2,3)12(13,14)15;1-9-7-5-6-8-10(9)11(2,3)4;1-8(2)10-7-5-4-6-9(10)3;1-6-3-4-8(2,7(10)11)9(12,13)5-6;1-7-5-3-4-6-8(7)2;1-7-5-3-2-4-6-7;2*1-2/h7-9H,10H2,1-6H3;6-8,10H,9H2,1-5H3;5-7H,8H2,1-4H3;4-7H,8H2,1-3H3;5-8H,1-4H3;4-8H,1-3H3;6-7H,3-5H2,1-2H3;3-6H,1-2H3;2-6H,1H3;;/t;;;;;;6-,8?;;;;/m......1..../s1. The molecular formula is C101H138F20. The third kappa shape index (κ3) is 40.3. The first-order valence-electron chi connectivity index (χ1n) is 40.7. The van der Waals surface area contributed by atoms with Gasteiger partial charge in [0.1, 0.15) is 0 Å². The van der Waals surface area contributed by atoms with Crippen LogP contribution in [0.25, 0.3) is 0 Å². The van der Waals surface area contributed by atoms with Crippen LogP contribution < -0.4 is 0 Å². The number of halogens is 20. The molecule has 0 aromatic heterocycles. The van der Waals surface area contributed by atoms with E-state index in [1.54, 1.807) is 37.3 Å². The summed E-state index contributed by atoms with van der Waals surface area (Å²) in [6.45, 7) is 54.6. The van der Waals surface area contributed by atoms with E-state index >= 15 is 0 Å². The highest BCUT2D eigenvalue weighted by Crippen LogP contribution is 2.53. The first-order valence-corrected chi connectivity index (χ1v) is 40.7. The topological polar surface area (TPSA) is 0 Å². The van der Waals surface area contributed by atoms with E-state index in [1.807, 2.05) is 101 Å². The number of rotatable bonds is 11. The van der Waals surface area contributed by atoms with Crippen LogP contribution in [0, 0.1) is 102 Å². The molecule has 20 heteroatoms. The van der Waals surface area contributed by atoms with Crippen molar-refractivity contribution in [2.75, 3.05) is 0 Å². The number of benzene rings is 8. The Morgan fingerprint density at radius 1 is 0.322 bits per heavy atom. The number of aryl methyl sites for hydroxylation is 10. The zero-order chi connectivity index (χ0) is 94.9. The van der Waals surface area contributed by atoms with E-state index < -0.39 is 70.5 Å². The summed E-state index contributed by atoms with van der Waals surface area (Å²) in [6, 6.07) is 59.6.